The van der Waals surface area contributed by atoms with E-state index in [1.165, 1.54) is 6.20 Å². The van der Waals surface area contributed by atoms with Gasteiger partial charge in [-0.05, 0) is 35.7 Å². The predicted octanol–water partition coefficient (Wildman–Crippen LogP) is 3.64. The number of carbonyl (C=O) groups excluding carboxylic acids is 1. The van der Waals surface area contributed by atoms with Gasteiger partial charge in [0.1, 0.15) is 5.82 Å². The number of aliphatic hydroxyl groups is 1. The number of alkyl halides is 2. The van der Waals surface area contributed by atoms with E-state index in [0.29, 0.717) is 24.2 Å². The summed E-state index contributed by atoms with van der Waals surface area (Å²) in [7, 11) is 0. The van der Waals surface area contributed by atoms with Crippen molar-refractivity contribution in [2.24, 2.45) is 0 Å². The number of carbonyl (C=O) groups is 1. The summed E-state index contributed by atoms with van der Waals surface area (Å²) < 4.78 is 31.2. The first-order chi connectivity index (χ1) is 17.5. The van der Waals surface area contributed by atoms with Crippen LogP contribution in [0.25, 0.3) is 11.5 Å². The lowest BCUT2D eigenvalue weighted by Crippen LogP contribution is -2.31. The molecule has 0 aliphatic carbocycles. The van der Waals surface area contributed by atoms with Gasteiger partial charge in [0.25, 0.3) is 17.7 Å². The molecule has 12 heteroatoms. The highest BCUT2D eigenvalue weighted by molar-refractivity contribution is 5.97. The molecule has 0 spiro atoms. The maximum absolute atomic E-state index is 13.0. The molecule has 2 aromatic carbocycles. The Bertz CT molecular complexity index is 1380. The van der Waals surface area contributed by atoms with Crippen LogP contribution in [0.4, 0.5) is 26.2 Å². The Hall–Kier alpha value is -4.45. The van der Waals surface area contributed by atoms with Crippen LogP contribution in [0.3, 0.4) is 0 Å². The van der Waals surface area contributed by atoms with E-state index in [0.717, 1.165) is 11.1 Å². The van der Waals surface area contributed by atoms with Gasteiger partial charge in [-0.25, -0.2) is 4.98 Å². The second-order valence-corrected chi connectivity index (χ2v) is 8.00. The first-order valence-electron chi connectivity index (χ1n) is 11.1. The number of nitrogens with one attached hydrogen (secondary N) is 3. The van der Waals surface area contributed by atoms with Crippen molar-refractivity contribution in [2.45, 2.75) is 18.9 Å². The molecule has 0 saturated carbocycles. The third-order valence-corrected chi connectivity index (χ3v) is 5.63. The molecule has 1 atom stereocenters. The second kappa shape index (κ2) is 10.0. The summed E-state index contributed by atoms with van der Waals surface area (Å²) in [5.41, 5.74) is 3.16. The number of halogens is 2. The zero-order valence-corrected chi connectivity index (χ0v) is 18.8. The molecule has 3 heterocycles. The zero-order chi connectivity index (χ0) is 25.1. The van der Waals surface area contributed by atoms with Crippen molar-refractivity contribution in [1.29, 1.82) is 0 Å². The van der Waals surface area contributed by atoms with E-state index in [1.54, 1.807) is 12.1 Å². The second-order valence-electron chi connectivity index (χ2n) is 8.00. The van der Waals surface area contributed by atoms with Crippen LogP contribution in [0.1, 0.15) is 39.8 Å². The molecule has 1 amide bonds. The van der Waals surface area contributed by atoms with E-state index in [2.05, 4.69) is 36.1 Å². The number of aromatic nitrogens is 4. The van der Waals surface area contributed by atoms with Gasteiger partial charge >= 0.3 is 6.43 Å². The fourth-order valence-electron chi connectivity index (χ4n) is 3.86. The summed E-state index contributed by atoms with van der Waals surface area (Å²) >= 11 is 0. The van der Waals surface area contributed by atoms with Crippen molar-refractivity contribution in [3.63, 3.8) is 0 Å². The summed E-state index contributed by atoms with van der Waals surface area (Å²) in [5.74, 6) is -0.743. The highest BCUT2D eigenvalue weighted by Gasteiger charge is 2.23. The molecule has 10 nitrogen and oxygen atoms in total. The lowest BCUT2D eigenvalue weighted by Gasteiger charge is -2.20. The van der Waals surface area contributed by atoms with Gasteiger partial charge in [0.15, 0.2) is 0 Å². The standard InChI is InChI=1S/C24H21F2N7O3/c25-19(26)23-33-32-22(36-23)17-11-28-24(29-15-6-7-16-14(10-15)8-9-27-21(16)35)31-20(17)30-18(12-34)13-4-2-1-3-5-13/h1-7,10-11,18-19,34H,8-9,12H2,(H,27,35)(H2,28,29,30,31)/t18-/m1/s1. The number of hydrogen-bond acceptors (Lipinski definition) is 9. The van der Waals surface area contributed by atoms with Crippen LogP contribution in [0.5, 0.6) is 0 Å². The van der Waals surface area contributed by atoms with Gasteiger partial charge in [-0.2, -0.15) is 13.8 Å². The molecule has 1 aliphatic heterocycles. The first kappa shape index (κ1) is 23.3. The summed E-state index contributed by atoms with van der Waals surface area (Å²) in [5, 5.41) is 26.1. The van der Waals surface area contributed by atoms with Crippen molar-refractivity contribution in [3.05, 3.63) is 77.3 Å². The van der Waals surface area contributed by atoms with Gasteiger partial charge < -0.3 is 25.5 Å². The first-order valence-corrected chi connectivity index (χ1v) is 11.1. The Labute approximate surface area is 203 Å². The third kappa shape index (κ3) is 4.84. The molecule has 36 heavy (non-hydrogen) atoms. The normalized spacial score (nSPS) is 13.7. The smallest absolute Gasteiger partial charge is 0.314 e. The molecule has 0 bridgehead atoms. The van der Waals surface area contributed by atoms with Crippen LogP contribution in [0.2, 0.25) is 0 Å². The zero-order valence-electron chi connectivity index (χ0n) is 18.8. The Balaban J connectivity index is 1.49. The van der Waals surface area contributed by atoms with Crippen LogP contribution in [-0.2, 0) is 6.42 Å². The van der Waals surface area contributed by atoms with Gasteiger partial charge in [0, 0.05) is 24.0 Å². The number of rotatable bonds is 8. The molecule has 0 unspecified atom stereocenters. The SMILES string of the molecule is O=C1NCCc2cc(Nc3ncc(-c4nnc(C(F)F)o4)c(N[C@H](CO)c4ccccc4)n3)ccc21. The van der Waals surface area contributed by atoms with E-state index in [9.17, 15) is 18.7 Å². The van der Waals surface area contributed by atoms with Gasteiger partial charge in [0.05, 0.1) is 18.2 Å². The van der Waals surface area contributed by atoms with E-state index in [4.69, 9.17) is 4.42 Å². The molecule has 0 radical (unpaired) electrons. The van der Waals surface area contributed by atoms with Crippen LogP contribution in [-0.4, -0.2) is 44.3 Å². The average Bonchev–Trinajstić information content (AvgIpc) is 3.39. The molecular weight excluding hydrogens is 472 g/mol. The Morgan fingerprint density at radius 3 is 2.69 bits per heavy atom. The summed E-state index contributed by atoms with van der Waals surface area (Å²) in [4.78, 5) is 20.8. The van der Waals surface area contributed by atoms with Gasteiger partial charge in [0.2, 0.25) is 5.95 Å². The van der Waals surface area contributed by atoms with Crippen molar-refractivity contribution in [2.75, 3.05) is 23.8 Å². The average molecular weight is 493 g/mol. The molecule has 0 saturated heterocycles. The Morgan fingerprint density at radius 1 is 1.11 bits per heavy atom. The molecule has 2 aromatic heterocycles. The number of anilines is 3. The van der Waals surface area contributed by atoms with E-state index < -0.39 is 18.4 Å². The summed E-state index contributed by atoms with van der Waals surface area (Å²) in [6.45, 7) is 0.288. The van der Waals surface area contributed by atoms with Crippen LogP contribution in [0.15, 0.2) is 59.1 Å². The lowest BCUT2D eigenvalue weighted by molar-refractivity contribution is 0.0946. The Morgan fingerprint density at radius 2 is 1.94 bits per heavy atom. The monoisotopic (exact) mass is 493 g/mol. The summed E-state index contributed by atoms with van der Waals surface area (Å²) in [6, 6.07) is 13.9. The highest BCUT2D eigenvalue weighted by Crippen LogP contribution is 2.31. The molecule has 184 valence electrons. The van der Waals surface area contributed by atoms with E-state index in [1.807, 2.05) is 36.4 Å². The van der Waals surface area contributed by atoms with Crippen LogP contribution in [0, 0.1) is 0 Å². The van der Waals surface area contributed by atoms with Gasteiger partial charge in [-0.1, -0.05) is 30.3 Å². The molecule has 0 fully saturated rings. The summed E-state index contributed by atoms with van der Waals surface area (Å²) in [6.07, 6.45) is -0.863. The van der Waals surface area contributed by atoms with E-state index in [-0.39, 0.29) is 35.7 Å². The van der Waals surface area contributed by atoms with Crippen LogP contribution < -0.4 is 16.0 Å². The highest BCUT2D eigenvalue weighted by atomic mass is 19.3. The van der Waals surface area contributed by atoms with Gasteiger partial charge in [-0.15, -0.1) is 10.2 Å². The van der Waals surface area contributed by atoms with E-state index >= 15 is 0 Å². The number of aliphatic hydroxyl groups excluding tert-OH is 1. The van der Waals surface area contributed by atoms with Crippen molar-refractivity contribution in [1.82, 2.24) is 25.5 Å². The molecule has 4 N–H and O–H groups in total. The number of amides is 1. The molecule has 1 aliphatic rings. The quantitative estimate of drug-likeness (QED) is 0.290. The predicted molar refractivity (Wildman–Crippen MR) is 126 cm³/mol. The van der Waals surface area contributed by atoms with Crippen molar-refractivity contribution in [3.8, 4) is 11.5 Å². The minimum absolute atomic E-state index is 0.117. The molecular formula is C24H21F2N7O3. The lowest BCUT2D eigenvalue weighted by atomic mass is 10.00. The van der Waals surface area contributed by atoms with Crippen LogP contribution >= 0.6 is 0 Å². The number of benzene rings is 2. The minimum Gasteiger partial charge on any atom is -0.415 e. The molecule has 5 rings (SSSR count). The van der Waals surface area contributed by atoms with Crippen molar-refractivity contribution >= 4 is 23.4 Å². The van der Waals surface area contributed by atoms with Crippen molar-refractivity contribution < 1.29 is 23.1 Å². The fraction of sp³-hybridized carbons (Fsp3) is 0.208. The Kier molecular flexibility index (Phi) is 6.50. The third-order valence-electron chi connectivity index (χ3n) is 5.63. The maximum Gasteiger partial charge on any atom is 0.314 e. The minimum atomic E-state index is -2.93. The number of nitrogens with zero attached hydrogens (tertiary/aromatic N) is 4. The fourth-order valence-corrected chi connectivity index (χ4v) is 3.86. The van der Waals surface area contributed by atoms with Gasteiger partial charge in [-0.3, -0.25) is 4.79 Å². The molecule has 4 aromatic rings. The number of hydrogen-bond donors (Lipinski definition) is 4. The topological polar surface area (TPSA) is 138 Å². The number of fused-ring (bicyclic) bond motifs is 1. The maximum atomic E-state index is 13.0. The largest absolute Gasteiger partial charge is 0.415 e.